The Morgan fingerprint density at radius 1 is 1.21 bits per heavy atom. The summed E-state index contributed by atoms with van der Waals surface area (Å²) >= 11 is 0. The normalized spacial score (nSPS) is 11.6. The van der Waals surface area contributed by atoms with Gasteiger partial charge in [-0.25, -0.2) is 21.9 Å². The van der Waals surface area contributed by atoms with Crippen LogP contribution in [0.1, 0.15) is 13.8 Å². The van der Waals surface area contributed by atoms with Crippen LogP contribution in [0.2, 0.25) is 0 Å². The molecular weight excluding hydrogens is 278 g/mol. The number of hydrogen-bond donors (Lipinski definition) is 2. The van der Waals surface area contributed by atoms with Crippen molar-refractivity contribution < 1.29 is 22.0 Å². The van der Waals surface area contributed by atoms with Crippen LogP contribution in [-0.4, -0.2) is 26.9 Å². The van der Waals surface area contributed by atoms with Gasteiger partial charge in [0, 0.05) is 12.1 Å². The lowest BCUT2D eigenvalue weighted by atomic mass is 10.3. The van der Waals surface area contributed by atoms with Gasteiger partial charge >= 0.3 is 0 Å². The zero-order valence-electron chi connectivity index (χ0n) is 10.4. The summed E-state index contributed by atoms with van der Waals surface area (Å²) in [5, 5.41) is 2.48. The maximum atomic E-state index is 12.9. The van der Waals surface area contributed by atoms with Gasteiger partial charge in [0.15, 0.2) is 0 Å². The lowest BCUT2D eigenvalue weighted by molar-refractivity contribution is -0.120. The topological polar surface area (TPSA) is 75.3 Å². The minimum atomic E-state index is -4.13. The molecule has 1 rings (SSSR count). The van der Waals surface area contributed by atoms with Crippen molar-refractivity contribution in [3.05, 3.63) is 29.8 Å². The molecule has 1 amide bonds. The molecule has 0 aliphatic rings. The zero-order chi connectivity index (χ0) is 14.6. The third-order valence-electron chi connectivity index (χ3n) is 2.02. The zero-order valence-corrected chi connectivity index (χ0v) is 11.2. The maximum Gasteiger partial charge on any atom is 0.241 e. The Balaban J connectivity index is 2.79. The van der Waals surface area contributed by atoms with Gasteiger partial charge in [-0.05, 0) is 26.0 Å². The number of rotatable bonds is 5. The molecule has 0 radical (unpaired) electrons. The molecule has 106 valence electrons. The molecule has 0 bridgehead atoms. The predicted octanol–water partition coefficient (Wildman–Crippen LogP) is 0.768. The Kier molecular flexibility index (Phi) is 4.96. The molecular formula is C11H14F2N2O3S. The largest absolute Gasteiger partial charge is 0.353 e. The van der Waals surface area contributed by atoms with E-state index in [2.05, 4.69) is 5.32 Å². The maximum absolute atomic E-state index is 12.9. The molecule has 0 aliphatic carbocycles. The van der Waals surface area contributed by atoms with Gasteiger partial charge in [0.05, 0.1) is 11.4 Å². The van der Waals surface area contributed by atoms with Gasteiger partial charge in [-0.3, -0.25) is 4.79 Å². The molecule has 5 nitrogen and oxygen atoms in total. The van der Waals surface area contributed by atoms with Gasteiger partial charge in [-0.1, -0.05) is 0 Å². The summed E-state index contributed by atoms with van der Waals surface area (Å²) in [5.74, 6) is -2.55. The summed E-state index contributed by atoms with van der Waals surface area (Å²) in [7, 11) is -4.13. The minimum absolute atomic E-state index is 0.136. The molecule has 2 N–H and O–H groups in total. The molecule has 0 heterocycles. The van der Waals surface area contributed by atoms with E-state index in [9.17, 15) is 22.0 Å². The first-order chi connectivity index (χ1) is 8.70. The van der Waals surface area contributed by atoms with E-state index in [-0.39, 0.29) is 6.04 Å². The highest BCUT2D eigenvalue weighted by atomic mass is 32.2. The highest BCUT2D eigenvalue weighted by Crippen LogP contribution is 2.13. The molecule has 0 fully saturated rings. The number of hydrogen-bond acceptors (Lipinski definition) is 3. The Hall–Kier alpha value is -1.54. The van der Waals surface area contributed by atoms with Crippen molar-refractivity contribution in [2.45, 2.75) is 24.8 Å². The van der Waals surface area contributed by atoms with Gasteiger partial charge in [0.1, 0.15) is 11.6 Å². The lowest BCUT2D eigenvalue weighted by Crippen LogP contribution is -2.39. The van der Waals surface area contributed by atoms with Crippen molar-refractivity contribution in [1.82, 2.24) is 10.0 Å². The first-order valence-electron chi connectivity index (χ1n) is 5.46. The van der Waals surface area contributed by atoms with Crippen LogP contribution in [0, 0.1) is 11.6 Å². The fourth-order valence-electron chi connectivity index (χ4n) is 1.30. The van der Waals surface area contributed by atoms with Crippen molar-refractivity contribution in [3.63, 3.8) is 0 Å². The minimum Gasteiger partial charge on any atom is -0.353 e. The molecule has 0 saturated carbocycles. The second-order valence-electron chi connectivity index (χ2n) is 4.15. The predicted molar refractivity (Wildman–Crippen MR) is 64.8 cm³/mol. The molecule has 0 atom stereocenters. The van der Waals surface area contributed by atoms with Crippen LogP contribution in [0.5, 0.6) is 0 Å². The van der Waals surface area contributed by atoms with E-state index in [0.29, 0.717) is 18.2 Å². The highest BCUT2D eigenvalue weighted by molar-refractivity contribution is 7.89. The molecule has 8 heteroatoms. The second kappa shape index (κ2) is 6.07. The summed E-state index contributed by atoms with van der Waals surface area (Å²) in [4.78, 5) is 10.7. The average Bonchev–Trinajstić information content (AvgIpc) is 2.24. The summed E-state index contributed by atoms with van der Waals surface area (Å²) in [6, 6.07) is 1.77. The van der Waals surface area contributed by atoms with Crippen LogP contribution in [0.15, 0.2) is 23.1 Å². The van der Waals surface area contributed by atoms with Crippen molar-refractivity contribution >= 4 is 15.9 Å². The first-order valence-corrected chi connectivity index (χ1v) is 6.94. The number of benzene rings is 1. The van der Waals surface area contributed by atoms with Gasteiger partial charge in [0.2, 0.25) is 15.9 Å². The van der Waals surface area contributed by atoms with Crippen molar-refractivity contribution in [2.24, 2.45) is 0 Å². The Labute approximate surface area is 110 Å². The molecule has 0 spiro atoms. The summed E-state index contributed by atoms with van der Waals surface area (Å²) in [6.07, 6.45) is 0. The summed E-state index contributed by atoms with van der Waals surface area (Å²) in [6.45, 7) is 2.93. The molecule has 0 aliphatic heterocycles. The van der Waals surface area contributed by atoms with Crippen molar-refractivity contribution in [3.8, 4) is 0 Å². The van der Waals surface area contributed by atoms with Crippen LogP contribution >= 0.6 is 0 Å². The monoisotopic (exact) mass is 292 g/mol. The van der Waals surface area contributed by atoms with Crippen LogP contribution in [0.3, 0.4) is 0 Å². The summed E-state index contributed by atoms with van der Waals surface area (Å²) in [5.41, 5.74) is 0. The van der Waals surface area contributed by atoms with E-state index in [0.717, 1.165) is 0 Å². The van der Waals surface area contributed by atoms with E-state index in [1.54, 1.807) is 13.8 Å². The Morgan fingerprint density at radius 2 is 1.74 bits per heavy atom. The van der Waals surface area contributed by atoms with E-state index < -0.39 is 39.0 Å². The van der Waals surface area contributed by atoms with Gasteiger partial charge in [-0.15, -0.1) is 0 Å². The van der Waals surface area contributed by atoms with Gasteiger partial charge in [-0.2, -0.15) is 0 Å². The quantitative estimate of drug-likeness (QED) is 0.841. The van der Waals surface area contributed by atoms with Crippen LogP contribution in [0.25, 0.3) is 0 Å². The highest BCUT2D eigenvalue weighted by Gasteiger charge is 2.17. The van der Waals surface area contributed by atoms with Crippen LogP contribution in [-0.2, 0) is 14.8 Å². The number of nitrogens with one attached hydrogen (secondary N) is 2. The van der Waals surface area contributed by atoms with E-state index in [1.165, 1.54) is 0 Å². The molecule has 0 unspecified atom stereocenters. The van der Waals surface area contributed by atoms with E-state index in [4.69, 9.17) is 0 Å². The smallest absolute Gasteiger partial charge is 0.241 e. The van der Waals surface area contributed by atoms with E-state index in [1.807, 2.05) is 4.72 Å². The molecule has 0 aromatic heterocycles. The number of amides is 1. The lowest BCUT2D eigenvalue weighted by Gasteiger charge is -2.10. The third-order valence-corrected chi connectivity index (χ3v) is 3.40. The fourth-order valence-corrected chi connectivity index (χ4v) is 2.32. The Bertz CT molecular complexity index is 553. The van der Waals surface area contributed by atoms with Crippen LogP contribution in [0.4, 0.5) is 8.78 Å². The average molecular weight is 292 g/mol. The molecule has 1 aromatic rings. The number of carbonyl (C=O) groups is 1. The molecule has 1 aromatic carbocycles. The first kappa shape index (κ1) is 15.5. The second-order valence-corrected chi connectivity index (χ2v) is 5.92. The third kappa shape index (κ3) is 4.92. The van der Waals surface area contributed by atoms with Gasteiger partial charge < -0.3 is 5.32 Å². The summed E-state index contributed by atoms with van der Waals surface area (Å²) < 4.78 is 51.2. The van der Waals surface area contributed by atoms with Crippen molar-refractivity contribution in [2.75, 3.05) is 6.54 Å². The number of halogens is 2. The van der Waals surface area contributed by atoms with Crippen LogP contribution < -0.4 is 10.0 Å². The number of carbonyl (C=O) groups excluding carboxylic acids is 1. The molecule has 19 heavy (non-hydrogen) atoms. The Morgan fingerprint density at radius 3 is 2.21 bits per heavy atom. The standard InChI is InChI=1S/C11H14F2N2O3S/c1-7(2)15-11(16)6-14-19(17,18)10-4-8(12)3-9(13)5-10/h3-5,7,14H,6H2,1-2H3,(H,15,16). The SMILES string of the molecule is CC(C)NC(=O)CNS(=O)(=O)c1cc(F)cc(F)c1. The van der Waals surface area contributed by atoms with E-state index >= 15 is 0 Å². The van der Waals surface area contributed by atoms with Crippen molar-refractivity contribution in [1.29, 1.82) is 0 Å². The molecule has 0 saturated heterocycles. The number of sulfonamides is 1. The van der Waals surface area contributed by atoms with Gasteiger partial charge in [0.25, 0.3) is 0 Å². The fraction of sp³-hybridized carbons (Fsp3) is 0.364.